The summed E-state index contributed by atoms with van der Waals surface area (Å²) in [6.07, 6.45) is 0. The Bertz CT molecular complexity index is 1010. The molecule has 0 aromatic heterocycles. The number of hydrogen-bond acceptors (Lipinski definition) is 5. The van der Waals surface area contributed by atoms with Crippen molar-refractivity contribution in [2.75, 3.05) is 18.4 Å². The molecule has 0 radical (unpaired) electrons. The van der Waals surface area contributed by atoms with E-state index in [4.69, 9.17) is 23.2 Å². The zero-order valence-corrected chi connectivity index (χ0v) is 17.3. The van der Waals surface area contributed by atoms with Gasteiger partial charge in [-0.15, -0.1) is 0 Å². The molecule has 0 aliphatic rings. The largest absolute Gasteiger partial charge is 0.322 e. The Balaban J connectivity index is 2.35. The van der Waals surface area contributed by atoms with Gasteiger partial charge in [0.2, 0.25) is 5.91 Å². The number of rotatable bonds is 7. The van der Waals surface area contributed by atoms with E-state index in [0.717, 1.165) is 10.4 Å². The maximum atomic E-state index is 13.0. The molecule has 0 bridgehead atoms. The third-order valence-electron chi connectivity index (χ3n) is 3.89. The number of anilines is 1. The Hall–Kier alpha value is -2.20. The number of hydrogen-bond donors (Lipinski definition) is 1. The van der Waals surface area contributed by atoms with Gasteiger partial charge in [-0.3, -0.25) is 14.9 Å². The molecule has 0 aliphatic carbocycles. The first-order chi connectivity index (χ1) is 13.1. The predicted octanol–water partition coefficient (Wildman–Crippen LogP) is 3.86. The second kappa shape index (κ2) is 8.87. The van der Waals surface area contributed by atoms with Crippen molar-refractivity contribution >= 4 is 50.5 Å². The summed E-state index contributed by atoms with van der Waals surface area (Å²) in [5.74, 6) is -0.684. The van der Waals surface area contributed by atoms with Crippen LogP contribution in [-0.2, 0) is 14.8 Å². The SMILES string of the molecule is CCN(CC(=O)Nc1c(Cl)cccc1Cl)S(=O)(=O)c1c(C)cccc1[N+](=O)[O-]. The van der Waals surface area contributed by atoms with Crippen LogP contribution in [0, 0.1) is 17.0 Å². The van der Waals surface area contributed by atoms with Gasteiger partial charge < -0.3 is 5.32 Å². The van der Waals surface area contributed by atoms with Crippen LogP contribution in [0.15, 0.2) is 41.3 Å². The smallest absolute Gasteiger partial charge is 0.289 e. The summed E-state index contributed by atoms with van der Waals surface area (Å²) in [5.41, 5.74) is -0.179. The number of carbonyl (C=O) groups excluding carboxylic acids is 1. The van der Waals surface area contributed by atoms with Crippen molar-refractivity contribution in [3.63, 3.8) is 0 Å². The molecule has 8 nitrogen and oxygen atoms in total. The quantitative estimate of drug-likeness (QED) is 0.513. The number of likely N-dealkylation sites (N-methyl/N-ethyl adjacent to an activating group) is 1. The summed E-state index contributed by atoms with van der Waals surface area (Å²) in [6.45, 7) is 2.35. The van der Waals surface area contributed by atoms with Gasteiger partial charge in [-0.1, -0.05) is 48.3 Å². The van der Waals surface area contributed by atoms with Crippen molar-refractivity contribution < 1.29 is 18.1 Å². The molecule has 0 spiro atoms. The van der Waals surface area contributed by atoms with Crippen molar-refractivity contribution in [3.05, 3.63) is 62.1 Å². The summed E-state index contributed by atoms with van der Waals surface area (Å²) in [7, 11) is -4.30. The van der Waals surface area contributed by atoms with Crippen molar-refractivity contribution in [2.45, 2.75) is 18.7 Å². The molecular weight excluding hydrogens is 429 g/mol. The molecule has 11 heteroatoms. The van der Waals surface area contributed by atoms with E-state index in [2.05, 4.69) is 5.32 Å². The monoisotopic (exact) mass is 445 g/mol. The highest BCUT2D eigenvalue weighted by Crippen LogP contribution is 2.31. The van der Waals surface area contributed by atoms with Crippen molar-refractivity contribution in [1.82, 2.24) is 4.31 Å². The number of para-hydroxylation sites is 1. The van der Waals surface area contributed by atoms with Crippen LogP contribution in [0.3, 0.4) is 0 Å². The second-order valence-electron chi connectivity index (χ2n) is 5.76. The summed E-state index contributed by atoms with van der Waals surface area (Å²) >= 11 is 12.0. The third kappa shape index (κ3) is 4.61. The van der Waals surface area contributed by atoms with Gasteiger partial charge in [0.25, 0.3) is 15.7 Å². The highest BCUT2D eigenvalue weighted by Gasteiger charge is 2.33. The minimum absolute atomic E-state index is 0.0719. The Morgan fingerprint density at radius 3 is 2.29 bits per heavy atom. The van der Waals surface area contributed by atoms with E-state index >= 15 is 0 Å². The first-order valence-corrected chi connectivity index (χ1v) is 10.3. The fourth-order valence-electron chi connectivity index (χ4n) is 2.57. The number of amides is 1. The number of carbonyl (C=O) groups is 1. The van der Waals surface area contributed by atoms with E-state index in [1.165, 1.54) is 38.1 Å². The number of nitro benzene ring substituents is 1. The Kier molecular flexibility index (Phi) is 7.00. The molecule has 150 valence electrons. The normalized spacial score (nSPS) is 11.5. The average molecular weight is 446 g/mol. The minimum atomic E-state index is -4.30. The van der Waals surface area contributed by atoms with Crippen molar-refractivity contribution in [1.29, 1.82) is 0 Å². The molecule has 2 rings (SSSR count). The topological polar surface area (TPSA) is 110 Å². The molecule has 0 heterocycles. The maximum Gasteiger partial charge on any atom is 0.289 e. The lowest BCUT2D eigenvalue weighted by Crippen LogP contribution is -2.38. The molecule has 0 aliphatic heterocycles. The molecule has 0 atom stereocenters. The molecule has 1 N–H and O–H groups in total. The van der Waals surface area contributed by atoms with Crippen LogP contribution in [0.4, 0.5) is 11.4 Å². The van der Waals surface area contributed by atoms with E-state index < -0.39 is 38.0 Å². The van der Waals surface area contributed by atoms with Crippen molar-refractivity contribution in [2.24, 2.45) is 0 Å². The molecule has 2 aromatic carbocycles. The fourth-order valence-corrected chi connectivity index (χ4v) is 4.83. The zero-order chi connectivity index (χ0) is 21.1. The van der Waals surface area contributed by atoms with E-state index in [1.807, 2.05) is 0 Å². The standard InChI is InChI=1S/C17H17Cl2N3O5S/c1-3-21(10-15(23)20-16-12(18)7-5-8-13(16)19)28(26,27)17-11(2)6-4-9-14(17)22(24)25/h4-9H,3,10H2,1-2H3,(H,20,23). The van der Waals surface area contributed by atoms with Gasteiger partial charge in [0.05, 0.1) is 27.2 Å². The first kappa shape index (κ1) is 22.1. The van der Waals surface area contributed by atoms with E-state index in [9.17, 15) is 23.3 Å². The number of halogens is 2. The third-order valence-corrected chi connectivity index (χ3v) is 6.63. The Morgan fingerprint density at radius 2 is 1.75 bits per heavy atom. The summed E-state index contributed by atoms with van der Waals surface area (Å²) < 4.78 is 26.9. The van der Waals surface area contributed by atoms with Gasteiger partial charge in [0.15, 0.2) is 4.90 Å². The molecule has 28 heavy (non-hydrogen) atoms. The zero-order valence-electron chi connectivity index (χ0n) is 15.0. The van der Waals surface area contributed by atoms with Crippen LogP contribution in [0.1, 0.15) is 12.5 Å². The number of nitrogens with one attached hydrogen (secondary N) is 1. The molecule has 2 aromatic rings. The fraction of sp³-hybridized carbons (Fsp3) is 0.235. The van der Waals surface area contributed by atoms with Crippen LogP contribution in [0.25, 0.3) is 0 Å². The second-order valence-corrected chi connectivity index (χ2v) is 8.45. The van der Waals surface area contributed by atoms with Crippen LogP contribution in [0.5, 0.6) is 0 Å². The van der Waals surface area contributed by atoms with Crippen LogP contribution >= 0.6 is 23.2 Å². The number of nitrogens with zero attached hydrogens (tertiary/aromatic N) is 2. The van der Waals surface area contributed by atoms with Gasteiger partial charge in [0.1, 0.15) is 0 Å². The summed E-state index contributed by atoms with van der Waals surface area (Å²) in [5, 5.41) is 14.2. The number of aryl methyl sites for hydroxylation is 1. The highest BCUT2D eigenvalue weighted by molar-refractivity contribution is 7.89. The van der Waals surface area contributed by atoms with Crippen LogP contribution in [-0.4, -0.2) is 36.6 Å². The van der Waals surface area contributed by atoms with Crippen LogP contribution in [0.2, 0.25) is 10.0 Å². The molecule has 1 amide bonds. The maximum absolute atomic E-state index is 13.0. The summed E-state index contributed by atoms with van der Waals surface area (Å²) in [4.78, 5) is 22.5. The van der Waals surface area contributed by atoms with Gasteiger partial charge in [-0.05, 0) is 24.6 Å². The first-order valence-electron chi connectivity index (χ1n) is 8.07. The molecule has 0 saturated carbocycles. The molecule has 0 fully saturated rings. The van der Waals surface area contributed by atoms with E-state index in [1.54, 1.807) is 6.07 Å². The lowest BCUT2D eigenvalue weighted by molar-refractivity contribution is -0.387. The van der Waals surface area contributed by atoms with E-state index in [0.29, 0.717) is 0 Å². The Morgan fingerprint density at radius 1 is 1.18 bits per heavy atom. The average Bonchev–Trinajstić information content (AvgIpc) is 2.62. The van der Waals surface area contributed by atoms with Gasteiger partial charge in [-0.2, -0.15) is 4.31 Å². The lowest BCUT2D eigenvalue weighted by atomic mass is 10.2. The van der Waals surface area contributed by atoms with Crippen molar-refractivity contribution in [3.8, 4) is 0 Å². The predicted molar refractivity (Wildman–Crippen MR) is 107 cm³/mol. The van der Waals surface area contributed by atoms with Gasteiger partial charge in [0, 0.05) is 12.6 Å². The molecular formula is C17H17Cl2N3O5S. The number of sulfonamides is 1. The van der Waals surface area contributed by atoms with Gasteiger partial charge in [-0.25, -0.2) is 8.42 Å². The number of nitro groups is 1. The number of benzene rings is 2. The minimum Gasteiger partial charge on any atom is -0.322 e. The van der Waals surface area contributed by atoms with Crippen LogP contribution < -0.4 is 5.32 Å². The highest BCUT2D eigenvalue weighted by atomic mass is 35.5. The molecule has 0 saturated heterocycles. The summed E-state index contributed by atoms with van der Waals surface area (Å²) in [6, 6.07) is 8.60. The lowest BCUT2D eigenvalue weighted by Gasteiger charge is -2.21. The molecule has 0 unspecified atom stereocenters. The Labute approximate surface area is 172 Å². The van der Waals surface area contributed by atoms with E-state index in [-0.39, 0.29) is 27.8 Å². The van der Waals surface area contributed by atoms with Gasteiger partial charge >= 0.3 is 0 Å².